The standard InChI is InChI=1S/C8H11NO3.C2H4O/c1-4-5-6-8(11)12-9(3)7(2)10;1-2-3/h1H,5-6H2,2-3H3;2H,1H3. The van der Waals surface area contributed by atoms with E-state index in [0.717, 1.165) is 11.3 Å². The van der Waals surface area contributed by atoms with Gasteiger partial charge in [0.05, 0.1) is 6.42 Å². The Morgan fingerprint density at radius 3 is 2.33 bits per heavy atom. The van der Waals surface area contributed by atoms with E-state index < -0.39 is 5.97 Å². The maximum Gasteiger partial charge on any atom is 0.333 e. The van der Waals surface area contributed by atoms with E-state index in [1.807, 2.05) is 0 Å². The first kappa shape index (κ1) is 15.6. The first-order chi connectivity index (χ1) is 6.99. The lowest BCUT2D eigenvalue weighted by Crippen LogP contribution is -2.27. The molecule has 0 radical (unpaired) electrons. The van der Waals surface area contributed by atoms with Gasteiger partial charge in [-0.3, -0.25) is 4.79 Å². The third-order valence-corrected chi connectivity index (χ3v) is 1.16. The molecule has 84 valence electrons. The van der Waals surface area contributed by atoms with E-state index in [4.69, 9.17) is 11.2 Å². The third-order valence-electron chi connectivity index (χ3n) is 1.16. The van der Waals surface area contributed by atoms with Crippen molar-refractivity contribution in [3.05, 3.63) is 0 Å². The molecular weight excluding hydrogens is 198 g/mol. The van der Waals surface area contributed by atoms with Crippen LogP contribution >= 0.6 is 0 Å². The molecule has 0 N–H and O–H groups in total. The zero-order chi connectivity index (χ0) is 12.3. The van der Waals surface area contributed by atoms with Gasteiger partial charge in [-0.05, 0) is 6.92 Å². The second-order valence-corrected chi connectivity index (χ2v) is 2.42. The van der Waals surface area contributed by atoms with Crippen molar-refractivity contribution >= 4 is 18.2 Å². The zero-order valence-corrected chi connectivity index (χ0v) is 9.15. The lowest BCUT2D eigenvalue weighted by molar-refractivity contribution is -0.191. The summed E-state index contributed by atoms with van der Waals surface area (Å²) in [4.78, 5) is 34.7. The summed E-state index contributed by atoms with van der Waals surface area (Å²) in [6, 6.07) is 0. The molecule has 0 aromatic rings. The number of hydrogen-bond acceptors (Lipinski definition) is 4. The van der Waals surface area contributed by atoms with Gasteiger partial charge < -0.3 is 9.63 Å². The molecule has 0 heterocycles. The number of amides is 1. The molecule has 0 saturated carbocycles. The molecular formula is C10H15NO4. The number of aldehydes is 1. The SMILES string of the molecule is C#CCCC(=O)ON(C)C(C)=O.CC=O. The van der Waals surface area contributed by atoms with E-state index in [2.05, 4.69) is 10.8 Å². The lowest BCUT2D eigenvalue weighted by Gasteiger charge is -2.12. The molecule has 0 spiro atoms. The van der Waals surface area contributed by atoms with Crippen LogP contribution < -0.4 is 0 Å². The Hall–Kier alpha value is -1.83. The maximum atomic E-state index is 10.8. The van der Waals surface area contributed by atoms with Gasteiger partial charge in [-0.25, -0.2) is 4.79 Å². The van der Waals surface area contributed by atoms with Crippen LogP contribution in [0.3, 0.4) is 0 Å². The van der Waals surface area contributed by atoms with Crippen LogP contribution in [0.2, 0.25) is 0 Å². The molecule has 5 heteroatoms. The fourth-order valence-corrected chi connectivity index (χ4v) is 0.437. The number of nitrogens with zero attached hydrogens (tertiary/aromatic N) is 1. The topological polar surface area (TPSA) is 63.7 Å². The summed E-state index contributed by atoms with van der Waals surface area (Å²) < 4.78 is 0. The molecule has 0 aliphatic carbocycles. The quantitative estimate of drug-likeness (QED) is 0.381. The molecule has 0 atom stereocenters. The first-order valence-corrected chi connectivity index (χ1v) is 4.27. The summed E-state index contributed by atoms with van der Waals surface area (Å²) in [5, 5.41) is 0.874. The third kappa shape index (κ3) is 12.2. The highest BCUT2D eigenvalue weighted by atomic mass is 16.7. The van der Waals surface area contributed by atoms with Crippen molar-refractivity contribution in [1.82, 2.24) is 5.06 Å². The Bertz CT molecular complexity index is 255. The minimum atomic E-state index is -0.495. The van der Waals surface area contributed by atoms with Gasteiger partial charge in [-0.1, -0.05) is 0 Å². The highest BCUT2D eigenvalue weighted by molar-refractivity contribution is 5.75. The zero-order valence-electron chi connectivity index (χ0n) is 9.15. The monoisotopic (exact) mass is 213 g/mol. The maximum absolute atomic E-state index is 10.8. The van der Waals surface area contributed by atoms with E-state index in [0.29, 0.717) is 6.42 Å². The van der Waals surface area contributed by atoms with Gasteiger partial charge in [0.2, 0.25) is 0 Å². The smallest absolute Gasteiger partial charge is 0.333 e. The molecule has 0 saturated heterocycles. The Balaban J connectivity index is 0. The van der Waals surface area contributed by atoms with Crippen LogP contribution in [-0.2, 0) is 19.2 Å². The summed E-state index contributed by atoms with van der Waals surface area (Å²) >= 11 is 0. The van der Waals surface area contributed by atoms with Crippen molar-refractivity contribution in [1.29, 1.82) is 0 Å². The summed E-state index contributed by atoms with van der Waals surface area (Å²) in [6.07, 6.45) is 6.14. The predicted molar refractivity (Wildman–Crippen MR) is 54.3 cm³/mol. The lowest BCUT2D eigenvalue weighted by atomic mass is 10.3. The van der Waals surface area contributed by atoms with Gasteiger partial charge in [0.25, 0.3) is 5.91 Å². The van der Waals surface area contributed by atoms with Crippen LogP contribution in [0.5, 0.6) is 0 Å². The summed E-state index contributed by atoms with van der Waals surface area (Å²) in [6.45, 7) is 2.74. The van der Waals surface area contributed by atoms with Gasteiger partial charge in [0.1, 0.15) is 6.29 Å². The Kier molecular flexibility index (Phi) is 10.7. The molecule has 0 aromatic carbocycles. The van der Waals surface area contributed by atoms with E-state index in [-0.39, 0.29) is 12.3 Å². The molecule has 0 aliphatic heterocycles. The van der Waals surface area contributed by atoms with Crippen molar-refractivity contribution in [2.24, 2.45) is 0 Å². The average molecular weight is 213 g/mol. The molecule has 0 fully saturated rings. The van der Waals surface area contributed by atoms with Gasteiger partial charge >= 0.3 is 5.97 Å². The van der Waals surface area contributed by atoms with Gasteiger partial charge in [0.15, 0.2) is 0 Å². The second kappa shape index (κ2) is 10.3. The van der Waals surface area contributed by atoms with Crippen molar-refractivity contribution in [2.45, 2.75) is 26.7 Å². The predicted octanol–water partition coefficient (Wildman–Crippen LogP) is 0.541. The molecule has 15 heavy (non-hydrogen) atoms. The molecule has 0 unspecified atom stereocenters. The Morgan fingerprint density at radius 1 is 1.53 bits per heavy atom. The largest absolute Gasteiger partial charge is 0.338 e. The summed E-state index contributed by atoms with van der Waals surface area (Å²) in [7, 11) is 1.37. The number of carbonyl (C=O) groups excluding carboxylic acids is 3. The number of hydrogen-bond donors (Lipinski definition) is 0. The van der Waals surface area contributed by atoms with E-state index in [1.54, 1.807) is 0 Å². The minimum absolute atomic E-state index is 0.133. The van der Waals surface area contributed by atoms with Crippen LogP contribution in [0, 0.1) is 12.3 Å². The Morgan fingerprint density at radius 2 is 2.00 bits per heavy atom. The van der Waals surface area contributed by atoms with E-state index in [9.17, 15) is 9.59 Å². The molecule has 5 nitrogen and oxygen atoms in total. The van der Waals surface area contributed by atoms with Gasteiger partial charge in [-0.15, -0.1) is 12.3 Å². The molecule has 0 rings (SSSR count). The van der Waals surface area contributed by atoms with Gasteiger partial charge in [0, 0.05) is 20.4 Å². The number of carbonyl (C=O) groups is 3. The fraction of sp³-hybridized carbons (Fsp3) is 0.500. The van der Waals surface area contributed by atoms with Crippen molar-refractivity contribution < 1.29 is 19.2 Å². The normalized spacial score (nSPS) is 7.60. The Labute approximate surface area is 89.3 Å². The van der Waals surface area contributed by atoms with Crippen LogP contribution in [-0.4, -0.2) is 30.3 Å². The van der Waals surface area contributed by atoms with Crippen molar-refractivity contribution in [2.75, 3.05) is 7.05 Å². The van der Waals surface area contributed by atoms with Crippen molar-refractivity contribution in [3.8, 4) is 12.3 Å². The number of hydroxylamine groups is 2. The van der Waals surface area contributed by atoms with E-state index in [1.165, 1.54) is 20.9 Å². The summed E-state index contributed by atoms with van der Waals surface area (Å²) in [5.74, 6) is 1.47. The second-order valence-electron chi connectivity index (χ2n) is 2.42. The summed E-state index contributed by atoms with van der Waals surface area (Å²) in [5.41, 5.74) is 0. The average Bonchev–Trinajstić information content (AvgIpc) is 2.15. The van der Waals surface area contributed by atoms with Gasteiger partial charge in [-0.2, -0.15) is 5.06 Å². The highest BCUT2D eigenvalue weighted by Crippen LogP contribution is 1.94. The molecule has 0 aliphatic rings. The fourth-order valence-electron chi connectivity index (χ4n) is 0.437. The number of terminal acetylenes is 1. The van der Waals surface area contributed by atoms with Crippen molar-refractivity contribution in [3.63, 3.8) is 0 Å². The molecule has 1 amide bonds. The van der Waals surface area contributed by atoms with Crippen LogP contribution in [0.1, 0.15) is 26.7 Å². The van der Waals surface area contributed by atoms with Crippen LogP contribution in [0.25, 0.3) is 0 Å². The first-order valence-electron chi connectivity index (χ1n) is 4.27. The number of rotatable bonds is 2. The molecule has 0 aromatic heterocycles. The van der Waals surface area contributed by atoms with Crippen LogP contribution in [0.15, 0.2) is 0 Å². The van der Waals surface area contributed by atoms with E-state index >= 15 is 0 Å². The molecule has 0 bridgehead atoms. The minimum Gasteiger partial charge on any atom is -0.338 e. The highest BCUT2D eigenvalue weighted by Gasteiger charge is 2.08. The van der Waals surface area contributed by atoms with Crippen LogP contribution in [0.4, 0.5) is 0 Å².